The number of carbonyl (C=O) groups is 1. The van der Waals surface area contributed by atoms with Gasteiger partial charge in [-0.25, -0.2) is 4.79 Å². The highest BCUT2D eigenvalue weighted by Crippen LogP contribution is 2.33. The molecule has 148 valence electrons. The maximum Gasteiger partial charge on any atom is 0.407 e. The molecule has 2 N–H and O–H groups in total. The lowest BCUT2D eigenvalue weighted by Gasteiger charge is -2.38. The van der Waals surface area contributed by atoms with Crippen molar-refractivity contribution in [1.29, 1.82) is 0 Å². The highest BCUT2D eigenvalue weighted by Gasteiger charge is 2.36. The first-order valence-corrected chi connectivity index (χ1v) is 9.55. The van der Waals surface area contributed by atoms with Gasteiger partial charge in [-0.15, -0.1) is 0 Å². The Morgan fingerprint density at radius 2 is 1.88 bits per heavy atom. The molecule has 1 rings (SSSR count). The standard InChI is InChI=1S/C19H39N3O3/c1-18(2,3)25-17(23)20-13-9-10-16(14-24-6)21-15-19(22(4)5)11-7-8-12-19/h16,21H,7-15H2,1-6H3,(H,20,23). The summed E-state index contributed by atoms with van der Waals surface area (Å²) in [5, 5.41) is 6.52. The molecule has 6 heteroatoms. The average Bonchev–Trinajstić information content (AvgIpc) is 2.97. The van der Waals surface area contributed by atoms with Gasteiger partial charge in [0.15, 0.2) is 0 Å². The number of hydrogen-bond donors (Lipinski definition) is 2. The molecule has 1 aliphatic carbocycles. The first kappa shape index (κ1) is 22.2. The van der Waals surface area contributed by atoms with Gasteiger partial charge in [0.2, 0.25) is 0 Å². The molecular formula is C19H39N3O3. The van der Waals surface area contributed by atoms with Gasteiger partial charge < -0.3 is 25.0 Å². The summed E-state index contributed by atoms with van der Waals surface area (Å²) in [6, 6.07) is 0.308. The van der Waals surface area contributed by atoms with Gasteiger partial charge in [-0.2, -0.15) is 0 Å². The third kappa shape index (κ3) is 8.38. The monoisotopic (exact) mass is 357 g/mol. The molecule has 0 aromatic carbocycles. The van der Waals surface area contributed by atoms with E-state index in [-0.39, 0.29) is 11.6 Å². The van der Waals surface area contributed by atoms with Crippen molar-refractivity contribution in [3.05, 3.63) is 0 Å². The second-order valence-electron chi connectivity index (χ2n) is 8.43. The molecule has 0 aromatic rings. The summed E-state index contributed by atoms with van der Waals surface area (Å²) in [5.74, 6) is 0. The van der Waals surface area contributed by atoms with Crippen molar-refractivity contribution in [3.8, 4) is 0 Å². The van der Waals surface area contributed by atoms with Gasteiger partial charge in [-0.05, 0) is 60.5 Å². The molecule has 0 radical (unpaired) electrons. The number of nitrogens with one attached hydrogen (secondary N) is 2. The molecular weight excluding hydrogens is 318 g/mol. The van der Waals surface area contributed by atoms with Crippen LogP contribution in [0.2, 0.25) is 0 Å². The maximum atomic E-state index is 11.7. The second-order valence-corrected chi connectivity index (χ2v) is 8.43. The van der Waals surface area contributed by atoms with Crippen LogP contribution in [0.5, 0.6) is 0 Å². The Bertz CT molecular complexity index is 388. The summed E-state index contributed by atoms with van der Waals surface area (Å²) < 4.78 is 10.6. The van der Waals surface area contributed by atoms with E-state index in [4.69, 9.17) is 9.47 Å². The molecule has 25 heavy (non-hydrogen) atoms. The first-order valence-electron chi connectivity index (χ1n) is 9.55. The van der Waals surface area contributed by atoms with Gasteiger partial charge >= 0.3 is 6.09 Å². The molecule has 0 spiro atoms. The highest BCUT2D eigenvalue weighted by atomic mass is 16.6. The Hall–Kier alpha value is -0.850. The lowest BCUT2D eigenvalue weighted by atomic mass is 9.95. The zero-order valence-corrected chi connectivity index (χ0v) is 17.1. The zero-order valence-electron chi connectivity index (χ0n) is 17.1. The van der Waals surface area contributed by atoms with E-state index in [1.807, 2.05) is 20.8 Å². The molecule has 0 saturated heterocycles. The number of methoxy groups -OCH3 is 1. The van der Waals surface area contributed by atoms with Crippen LogP contribution in [0.1, 0.15) is 59.3 Å². The number of likely N-dealkylation sites (N-methyl/N-ethyl adjacent to an activating group) is 1. The third-order valence-electron chi connectivity index (χ3n) is 4.97. The van der Waals surface area contributed by atoms with Gasteiger partial charge in [-0.1, -0.05) is 12.8 Å². The molecule has 1 fully saturated rings. The Morgan fingerprint density at radius 3 is 2.40 bits per heavy atom. The predicted octanol–water partition coefficient (Wildman–Crippen LogP) is 2.77. The maximum absolute atomic E-state index is 11.7. The average molecular weight is 358 g/mol. The summed E-state index contributed by atoms with van der Waals surface area (Å²) in [7, 11) is 6.11. The summed E-state index contributed by atoms with van der Waals surface area (Å²) in [6.45, 7) is 7.91. The normalized spacial score (nSPS) is 18.4. The van der Waals surface area contributed by atoms with E-state index in [9.17, 15) is 4.79 Å². The van der Waals surface area contributed by atoms with Gasteiger partial charge in [0.1, 0.15) is 5.60 Å². The number of nitrogens with zero attached hydrogens (tertiary/aromatic N) is 1. The minimum atomic E-state index is -0.452. The molecule has 1 saturated carbocycles. The van der Waals surface area contributed by atoms with Crippen LogP contribution < -0.4 is 10.6 Å². The lowest BCUT2D eigenvalue weighted by Crippen LogP contribution is -2.52. The second kappa shape index (κ2) is 10.3. The smallest absolute Gasteiger partial charge is 0.407 e. The van der Waals surface area contributed by atoms with Crippen molar-refractivity contribution < 1.29 is 14.3 Å². The van der Waals surface area contributed by atoms with E-state index in [1.54, 1.807) is 7.11 Å². The number of ether oxygens (including phenoxy) is 2. The van der Waals surface area contributed by atoms with Crippen LogP contribution >= 0.6 is 0 Å². The molecule has 1 amide bonds. The van der Waals surface area contributed by atoms with Crippen LogP contribution in [0.15, 0.2) is 0 Å². The summed E-state index contributed by atoms with van der Waals surface area (Å²) in [6.07, 6.45) is 6.66. The molecule has 6 nitrogen and oxygen atoms in total. The fraction of sp³-hybridized carbons (Fsp3) is 0.947. The zero-order chi connectivity index (χ0) is 18.9. The van der Waals surface area contributed by atoms with Crippen molar-refractivity contribution >= 4 is 6.09 Å². The van der Waals surface area contributed by atoms with Crippen molar-refractivity contribution in [2.75, 3.05) is 40.9 Å². The van der Waals surface area contributed by atoms with E-state index in [0.717, 1.165) is 19.4 Å². The van der Waals surface area contributed by atoms with Crippen LogP contribution in [0.3, 0.4) is 0 Å². The van der Waals surface area contributed by atoms with Crippen LogP contribution in [0.25, 0.3) is 0 Å². The van der Waals surface area contributed by atoms with E-state index >= 15 is 0 Å². The molecule has 1 unspecified atom stereocenters. The van der Waals surface area contributed by atoms with Crippen molar-refractivity contribution in [2.24, 2.45) is 0 Å². The van der Waals surface area contributed by atoms with Crippen LogP contribution in [0, 0.1) is 0 Å². The van der Waals surface area contributed by atoms with Gasteiger partial charge in [-0.3, -0.25) is 0 Å². The minimum Gasteiger partial charge on any atom is -0.444 e. The Balaban J connectivity index is 2.33. The van der Waals surface area contributed by atoms with E-state index in [1.165, 1.54) is 25.7 Å². The molecule has 0 bridgehead atoms. The van der Waals surface area contributed by atoms with Gasteiger partial charge in [0.25, 0.3) is 0 Å². The molecule has 0 heterocycles. The fourth-order valence-corrected chi connectivity index (χ4v) is 3.45. The van der Waals surface area contributed by atoms with E-state index in [2.05, 4.69) is 29.6 Å². The van der Waals surface area contributed by atoms with Crippen LogP contribution in [0.4, 0.5) is 4.79 Å². The number of alkyl carbamates (subject to hydrolysis) is 1. The Kier molecular flexibility index (Phi) is 9.17. The van der Waals surface area contributed by atoms with Crippen LogP contribution in [-0.2, 0) is 9.47 Å². The fourth-order valence-electron chi connectivity index (χ4n) is 3.45. The van der Waals surface area contributed by atoms with E-state index in [0.29, 0.717) is 19.2 Å². The quantitative estimate of drug-likeness (QED) is 0.589. The predicted molar refractivity (Wildman–Crippen MR) is 102 cm³/mol. The Labute approximate surface area is 154 Å². The third-order valence-corrected chi connectivity index (χ3v) is 4.97. The van der Waals surface area contributed by atoms with Crippen LogP contribution in [-0.4, -0.2) is 69.1 Å². The molecule has 0 aliphatic heterocycles. The molecule has 1 aliphatic rings. The van der Waals surface area contributed by atoms with Crippen molar-refractivity contribution in [1.82, 2.24) is 15.5 Å². The molecule has 0 aromatic heterocycles. The minimum absolute atomic E-state index is 0.279. The SMILES string of the molecule is COCC(CCCNC(=O)OC(C)(C)C)NCC1(N(C)C)CCCC1. The van der Waals surface area contributed by atoms with Gasteiger partial charge in [0.05, 0.1) is 6.61 Å². The highest BCUT2D eigenvalue weighted by molar-refractivity contribution is 5.67. The number of carbonyl (C=O) groups excluding carboxylic acids is 1. The van der Waals surface area contributed by atoms with Crippen molar-refractivity contribution in [2.45, 2.75) is 76.5 Å². The van der Waals surface area contributed by atoms with E-state index < -0.39 is 5.60 Å². The largest absolute Gasteiger partial charge is 0.444 e. The van der Waals surface area contributed by atoms with Crippen molar-refractivity contribution in [3.63, 3.8) is 0 Å². The number of rotatable bonds is 10. The van der Waals surface area contributed by atoms with Gasteiger partial charge in [0, 0.05) is 31.8 Å². The number of amides is 1. The number of hydrogen-bond acceptors (Lipinski definition) is 5. The summed E-state index contributed by atoms with van der Waals surface area (Å²) >= 11 is 0. The summed E-state index contributed by atoms with van der Waals surface area (Å²) in [5.41, 5.74) is -0.174. The topological polar surface area (TPSA) is 62.8 Å². The Morgan fingerprint density at radius 1 is 1.24 bits per heavy atom. The summed E-state index contributed by atoms with van der Waals surface area (Å²) in [4.78, 5) is 14.0. The molecule has 1 atom stereocenters. The first-order chi connectivity index (χ1) is 11.7. The lowest BCUT2D eigenvalue weighted by molar-refractivity contribution is 0.0525.